The quantitative estimate of drug-likeness (QED) is 0.836. The molecule has 7 heteroatoms. The summed E-state index contributed by atoms with van der Waals surface area (Å²) in [4.78, 5) is 24.2. The highest BCUT2D eigenvalue weighted by atomic mass is 16.4. The molecular weight excluding hydrogens is 310 g/mol. The Bertz CT molecular complexity index is 769. The van der Waals surface area contributed by atoms with E-state index in [2.05, 4.69) is 10.00 Å². The number of aryl methyl sites for hydroxylation is 1. The van der Waals surface area contributed by atoms with Crippen LogP contribution in [0.5, 0.6) is 0 Å². The number of carbonyl (C=O) groups is 2. The van der Waals surface area contributed by atoms with E-state index >= 15 is 0 Å². The molecule has 0 radical (unpaired) electrons. The van der Waals surface area contributed by atoms with Crippen molar-refractivity contribution in [3.8, 4) is 0 Å². The van der Waals surface area contributed by atoms with Gasteiger partial charge in [0.2, 0.25) is 0 Å². The van der Waals surface area contributed by atoms with Crippen molar-refractivity contribution in [3.05, 3.63) is 52.8 Å². The minimum absolute atomic E-state index is 0.0756. The normalized spacial score (nSPS) is 14.3. The van der Waals surface area contributed by atoms with Gasteiger partial charge in [0, 0.05) is 26.1 Å². The van der Waals surface area contributed by atoms with Crippen molar-refractivity contribution in [3.63, 3.8) is 0 Å². The molecule has 0 unspecified atom stereocenters. The first kappa shape index (κ1) is 16.2. The van der Waals surface area contributed by atoms with Crippen LogP contribution >= 0.6 is 0 Å². The van der Waals surface area contributed by atoms with Crippen molar-refractivity contribution in [1.82, 2.24) is 14.7 Å². The Morgan fingerprint density at radius 1 is 1.17 bits per heavy atom. The topological polar surface area (TPSA) is 95.7 Å². The van der Waals surface area contributed by atoms with E-state index in [-0.39, 0.29) is 6.42 Å². The zero-order chi connectivity index (χ0) is 17.1. The van der Waals surface area contributed by atoms with E-state index in [1.807, 2.05) is 22.9 Å². The molecule has 2 aromatic rings. The fourth-order valence-electron chi connectivity index (χ4n) is 2.98. The highest BCUT2D eigenvalue weighted by Gasteiger charge is 2.20. The average Bonchev–Trinajstić information content (AvgIpc) is 2.95. The summed E-state index contributed by atoms with van der Waals surface area (Å²) in [5.41, 5.74) is 2.96. The van der Waals surface area contributed by atoms with Crippen molar-refractivity contribution in [1.29, 1.82) is 0 Å². The standard InChI is InChI=1S/C17H19N3O4/c21-16(22)6-5-13-9-14-11-19(7-8-20(14)18-13)10-12-3-1-2-4-15(12)17(23)24/h1-4,9H,5-8,10-11H2,(H,21,22)(H,23,24). The fourth-order valence-corrected chi connectivity index (χ4v) is 2.98. The van der Waals surface area contributed by atoms with Gasteiger partial charge in [-0.1, -0.05) is 18.2 Å². The van der Waals surface area contributed by atoms with Crippen LogP contribution in [0.25, 0.3) is 0 Å². The lowest BCUT2D eigenvalue weighted by Crippen LogP contribution is -2.33. The van der Waals surface area contributed by atoms with Gasteiger partial charge >= 0.3 is 11.9 Å². The van der Waals surface area contributed by atoms with Crippen LogP contribution in [0.15, 0.2) is 30.3 Å². The van der Waals surface area contributed by atoms with Crippen molar-refractivity contribution < 1.29 is 19.8 Å². The molecule has 1 aliphatic rings. The van der Waals surface area contributed by atoms with Crippen LogP contribution < -0.4 is 0 Å². The van der Waals surface area contributed by atoms with Gasteiger partial charge in [-0.15, -0.1) is 0 Å². The van der Waals surface area contributed by atoms with Crippen LogP contribution in [0.4, 0.5) is 0 Å². The zero-order valence-electron chi connectivity index (χ0n) is 13.2. The molecule has 0 fully saturated rings. The van der Waals surface area contributed by atoms with Gasteiger partial charge < -0.3 is 10.2 Å². The number of carboxylic acids is 2. The third-order valence-corrected chi connectivity index (χ3v) is 4.16. The van der Waals surface area contributed by atoms with Crippen LogP contribution in [-0.2, 0) is 30.8 Å². The number of fused-ring (bicyclic) bond motifs is 1. The minimum atomic E-state index is -0.913. The van der Waals surface area contributed by atoms with Gasteiger partial charge in [-0.2, -0.15) is 5.10 Å². The number of benzene rings is 1. The van der Waals surface area contributed by atoms with E-state index < -0.39 is 11.9 Å². The van der Waals surface area contributed by atoms with E-state index in [0.29, 0.717) is 25.1 Å². The minimum Gasteiger partial charge on any atom is -0.481 e. The Kier molecular flexibility index (Phi) is 4.61. The third-order valence-electron chi connectivity index (χ3n) is 4.16. The van der Waals surface area contributed by atoms with Gasteiger partial charge in [-0.25, -0.2) is 4.79 Å². The first-order chi connectivity index (χ1) is 11.5. The zero-order valence-corrected chi connectivity index (χ0v) is 13.2. The van der Waals surface area contributed by atoms with Gasteiger partial charge in [0.05, 0.1) is 29.9 Å². The highest BCUT2D eigenvalue weighted by molar-refractivity contribution is 5.89. The van der Waals surface area contributed by atoms with Gasteiger partial charge in [0.1, 0.15) is 0 Å². The second-order valence-corrected chi connectivity index (χ2v) is 5.92. The summed E-state index contributed by atoms with van der Waals surface area (Å²) in [5, 5.41) is 22.5. The van der Waals surface area contributed by atoms with Crippen LogP contribution in [0.2, 0.25) is 0 Å². The summed E-state index contributed by atoms with van der Waals surface area (Å²) in [6.45, 7) is 2.74. The molecule has 2 heterocycles. The van der Waals surface area contributed by atoms with Crippen LogP contribution in [0, 0.1) is 0 Å². The summed E-state index contributed by atoms with van der Waals surface area (Å²) in [6, 6.07) is 8.98. The summed E-state index contributed by atoms with van der Waals surface area (Å²) >= 11 is 0. The predicted octanol–water partition coefficient (Wildman–Crippen LogP) is 1.61. The van der Waals surface area contributed by atoms with E-state index in [1.165, 1.54) is 0 Å². The number of aliphatic carboxylic acids is 1. The molecule has 24 heavy (non-hydrogen) atoms. The number of hydrogen-bond acceptors (Lipinski definition) is 4. The molecule has 3 rings (SSSR count). The van der Waals surface area contributed by atoms with Crippen LogP contribution in [-0.4, -0.2) is 43.4 Å². The van der Waals surface area contributed by atoms with Crippen LogP contribution in [0.3, 0.4) is 0 Å². The Hall–Kier alpha value is -2.67. The van der Waals surface area contributed by atoms with E-state index in [9.17, 15) is 14.7 Å². The second-order valence-electron chi connectivity index (χ2n) is 5.92. The first-order valence-corrected chi connectivity index (χ1v) is 7.84. The number of rotatable bonds is 6. The highest BCUT2D eigenvalue weighted by Crippen LogP contribution is 2.19. The Labute approximate surface area is 139 Å². The lowest BCUT2D eigenvalue weighted by atomic mass is 10.1. The van der Waals surface area contributed by atoms with Gasteiger partial charge in [0.25, 0.3) is 0 Å². The van der Waals surface area contributed by atoms with Gasteiger partial charge in [-0.05, 0) is 17.7 Å². The van der Waals surface area contributed by atoms with Crippen molar-refractivity contribution in [2.24, 2.45) is 0 Å². The molecule has 1 aliphatic heterocycles. The average molecular weight is 329 g/mol. The monoisotopic (exact) mass is 329 g/mol. The van der Waals surface area contributed by atoms with Crippen molar-refractivity contribution in [2.75, 3.05) is 6.54 Å². The molecule has 0 saturated heterocycles. The Morgan fingerprint density at radius 3 is 2.71 bits per heavy atom. The van der Waals surface area contributed by atoms with E-state index in [4.69, 9.17) is 5.11 Å². The number of aromatic nitrogens is 2. The number of aromatic carboxylic acids is 1. The lowest BCUT2D eigenvalue weighted by Gasteiger charge is -2.27. The molecule has 7 nitrogen and oxygen atoms in total. The smallest absolute Gasteiger partial charge is 0.336 e. The molecule has 0 spiro atoms. The second kappa shape index (κ2) is 6.84. The van der Waals surface area contributed by atoms with Crippen molar-refractivity contribution >= 4 is 11.9 Å². The number of carboxylic acid groups (broad SMARTS) is 2. The van der Waals surface area contributed by atoms with E-state index in [1.54, 1.807) is 12.1 Å². The predicted molar refractivity (Wildman–Crippen MR) is 85.7 cm³/mol. The molecule has 2 N–H and O–H groups in total. The number of nitrogens with zero attached hydrogens (tertiary/aromatic N) is 3. The molecule has 0 saturated carbocycles. The Morgan fingerprint density at radius 2 is 1.96 bits per heavy atom. The van der Waals surface area contributed by atoms with Gasteiger partial charge in [0.15, 0.2) is 0 Å². The van der Waals surface area contributed by atoms with Crippen LogP contribution in [0.1, 0.15) is 33.7 Å². The molecule has 1 aromatic heterocycles. The maximum absolute atomic E-state index is 11.3. The summed E-state index contributed by atoms with van der Waals surface area (Å²) in [5.74, 6) is -1.74. The number of hydrogen-bond donors (Lipinski definition) is 2. The maximum Gasteiger partial charge on any atom is 0.336 e. The molecule has 0 atom stereocenters. The molecule has 0 amide bonds. The maximum atomic E-state index is 11.3. The Balaban J connectivity index is 1.69. The van der Waals surface area contributed by atoms with E-state index in [0.717, 1.165) is 30.0 Å². The molecular formula is C17H19N3O4. The third kappa shape index (κ3) is 3.62. The fraction of sp³-hybridized carbons (Fsp3) is 0.353. The van der Waals surface area contributed by atoms with Gasteiger partial charge in [-0.3, -0.25) is 14.4 Å². The van der Waals surface area contributed by atoms with Crippen molar-refractivity contribution in [2.45, 2.75) is 32.5 Å². The largest absolute Gasteiger partial charge is 0.481 e. The summed E-state index contributed by atoms with van der Waals surface area (Å²) < 4.78 is 1.91. The summed E-state index contributed by atoms with van der Waals surface area (Å²) in [7, 11) is 0. The molecule has 0 bridgehead atoms. The summed E-state index contributed by atoms with van der Waals surface area (Å²) in [6.07, 6.45) is 0.503. The lowest BCUT2D eigenvalue weighted by molar-refractivity contribution is -0.136. The molecule has 0 aliphatic carbocycles. The molecule has 1 aromatic carbocycles. The first-order valence-electron chi connectivity index (χ1n) is 7.84. The molecule has 126 valence electrons. The SMILES string of the molecule is O=C(O)CCc1cc2n(n1)CCN(Cc1ccccc1C(=O)O)C2.